The van der Waals surface area contributed by atoms with Crippen LogP contribution in [0.5, 0.6) is 0 Å². The fourth-order valence-corrected chi connectivity index (χ4v) is 3.00. The number of anilines is 1. The van der Waals surface area contributed by atoms with E-state index in [1.807, 2.05) is 0 Å². The third-order valence-corrected chi connectivity index (χ3v) is 4.05. The summed E-state index contributed by atoms with van der Waals surface area (Å²) in [6.45, 7) is 2.08. The minimum absolute atomic E-state index is 0.150. The van der Waals surface area contributed by atoms with Crippen LogP contribution in [0.1, 0.15) is 31.2 Å². The van der Waals surface area contributed by atoms with Gasteiger partial charge in [-0.1, -0.05) is 18.9 Å². The van der Waals surface area contributed by atoms with Crippen LogP contribution in [0, 0.1) is 24.2 Å². The van der Waals surface area contributed by atoms with E-state index in [1.54, 1.807) is 0 Å². The fraction of sp³-hybridized carbons (Fsp3) is 0.500. The molecule has 1 aliphatic carbocycles. The summed E-state index contributed by atoms with van der Waals surface area (Å²) in [7, 11) is 0. The Balaban J connectivity index is 2.11. The second-order valence-electron chi connectivity index (χ2n) is 4.75. The van der Waals surface area contributed by atoms with Gasteiger partial charge in [0, 0.05) is 16.2 Å². The number of hydrogen-bond donors (Lipinski definition) is 1. The van der Waals surface area contributed by atoms with Gasteiger partial charge in [-0.2, -0.15) is 5.26 Å². The standard InChI is InChI=1S/C14H17BrN2/c1-10-6-7-14(12(15)8-10)17-13-5-3-2-4-11(13)9-16/h6-8,11,13,17H,2-5H2,1H3. The molecule has 17 heavy (non-hydrogen) atoms. The Bertz CT molecular complexity index is 436. The molecule has 1 saturated carbocycles. The highest BCUT2D eigenvalue weighted by molar-refractivity contribution is 9.10. The number of nitrogens with zero attached hydrogens (tertiary/aromatic N) is 1. The molecule has 1 N–H and O–H groups in total. The van der Waals surface area contributed by atoms with E-state index in [0.717, 1.165) is 23.0 Å². The minimum atomic E-state index is 0.150. The van der Waals surface area contributed by atoms with Crippen LogP contribution < -0.4 is 5.32 Å². The molecule has 0 heterocycles. The first kappa shape index (κ1) is 12.4. The summed E-state index contributed by atoms with van der Waals surface area (Å²) < 4.78 is 1.08. The highest BCUT2D eigenvalue weighted by Gasteiger charge is 2.24. The van der Waals surface area contributed by atoms with Gasteiger partial charge in [-0.3, -0.25) is 0 Å². The molecule has 1 aromatic rings. The Kier molecular flexibility index (Phi) is 4.06. The van der Waals surface area contributed by atoms with E-state index in [2.05, 4.69) is 52.4 Å². The minimum Gasteiger partial charge on any atom is -0.380 e. The molecule has 0 spiro atoms. The lowest BCUT2D eigenvalue weighted by Gasteiger charge is -2.28. The quantitative estimate of drug-likeness (QED) is 0.884. The molecule has 90 valence electrons. The number of rotatable bonds is 2. The van der Waals surface area contributed by atoms with Gasteiger partial charge in [0.1, 0.15) is 0 Å². The predicted molar refractivity (Wildman–Crippen MR) is 73.9 cm³/mol. The molecule has 0 aromatic heterocycles. The second-order valence-corrected chi connectivity index (χ2v) is 5.61. The highest BCUT2D eigenvalue weighted by Crippen LogP contribution is 2.30. The zero-order chi connectivity index (χ0) is 12.3. The maximum Gasteiger partial charge on any atom is 0.0677 e. The zero-order valence-electron chi connectivity index (χ0n) is 10.0. The molecule has 0 bridgehead atoms. The third-order valence-electron chi connectivity index (χ3n) is 3.40. The first-order chi connectivity index (χ1) is 8.20. The Morgan fingerprint density at radius 2 is 2.12 bits per heavy atom. The Labute approximate surface area is 111 Å². The number of halogens is 1. The van der Waals surface area contributed by atoms with Gasteiger partial charge in [0.25, 0.3) is 0 Å². The summed E-state index contributed by atoms with van der Waals surface area (Å²) in [5, 5.41) is 12.7. The van der Waals surface area contributed by atoms with Crippen LogP contribution in [-0.2, 0) is 0 Å². The molecule has 1 aliphatic rings. The van der Waals surface area contributed by atoms with Crippen LogP contribution >= 0.6 is 15.9 Å². The fourth-order valence-electron chi connectivity index (χ4n) is 2.40. The first-order valence-corrected chi connectivity index (χ1v) is 6.92. The monoisotopic (exact) mass is 292 g/mol. The number of benzene rings is 1. The molecule has 1 aromatic carbocycles. The van der Waals surface area contributed by atoms with E-state index >= 15 is 0 Å². The van der Waals surface area contributed by atoms with E-state index in [4.69, 9.17) is 5.26 Å². The summed E-state index contributed by atoms with van der Waals surface area (Å²) in [6, 6.07) is 9.01. The Morgan fingerprint density at radius 1 is 1.35 bits per heavy atom. The molecule has 2 nitrogen and oxygen atoms in total. The zero-order valence-corrected chi connectivity index (χ0v) is 11.6. The summed E-state index contributed by atoms with van der Waals surface area (Å²) in [6.07, 6.45) is 4.53. The molecular weight excluding hydrogens is 276 g/mol. The van der Waals surface area contributed by atoms with Gasteiger partial charge in [-0.15, -0.1) is 0 Å². The van der Waals surface area contributed by atoms with Crippen LogP contribution in [0.3, 0.4) is 0 Å². The largest absolute Gasteiger partial charge is 0.380 e. The van der Waals surface area contributed by atoms with E-state index in [-0.39, 0.29) is 5.92 Å². The summed E-state index contributed by atoms with van der Waals surface area (Å²) >= 11 is 3.57. The predicted octanol–water partition coefficient (Wildman–Crippen LogP) is 4.25. The van der Waals surface area contributed by atoms with Crippen LogP contribution in [0.2, 0.25) is 0 Å². The van der Waals surface area contributed by atoms with Crippen molar-refractivity contribution in [3.63, 3.8) is 0 Å². The van der Waals surface area contributed by atoms with Crippen LogP contribution in [0.15, 0.2) is 22.7 Å². The van der Waals surface area contributed by atoms with Gasteiger partial charge in [0.2, 0.25) is 0 Å². The molecule has 2 atom stereocenters. The van der Waals surface area contributed by atoms with Crippen molar-refractivity contribution in [2.24, 2.45) is 5.92 Å². The number of aryl methyl sites for hydroxylation is 1. The number of nitrogens with one attached hydrogen (secondary N) is 1. The van der Waals surface area contributed by atoms with E-state index < -0.39 is 0 Å². The number of nitriles is 1. The third kappa shape index (κ3) is 3.01. The average Bonchev–Trinajstić information content (AvgIpc) is 2.33. The molecule has 0 radical (unpaired) electrons. The van der Waals surface area contributed by atoms with Gasteiger partial charge >= 0.3 is 0 Å². The topological polar surface area (TPSA) is 35.8 Å². The summed E-state index contributed by atoms with van der Waals surface area (Å²) in [4.78, 5) is 0. The molecule has 3 heteroatoms. The van der Waals surface area contributed by atoms with Crippen molar-refractivity contribution in [1.29, 1.82) is 5.26 Å². The van der Waals surface area contributed by atoms with Crippen molar-refractivity contribution >= 4 is 21.6 Å². The molecule has 0 saturated heterocycles. The second kappa shape index (κ2) is 5.55. The molecule has 0 amide bonds. The highest BCUT2D eigenvalue weighted by atomic mass is 79.9. The van der Waals surface area contributed by atoms with Crippen molar-refractivity contribution in [3.8, 4) is 6.07 Å². The molecule has 2 unspecified atom stereocenters. The summed E-state index contributed by atoms with van der Waals surface area (Å²) in [5.41, 5.74) is 2.34. The van der Waals surface area contributed by atoms with Gasteiger partial charge in [-0.05, 0) is 53.4 Å². The number of hydrogen-bond acceptors (Lipinski definition) is 2. The normalized spacial score (nSPS) is 24.1. The van der Waals surface area contributed by atoms with Crippen LogP contribution in [0.25, 0.3) is 0 Å². The first-order valence-electron chi connectivity index (χ1n) is 6.13. The summed E-state index contributed by atoms with van der Waals surface area (Å²) in [5.74, 6) is 0.150. The lowest BCUT2D eigenvalue weighted by Crippen LogP contribution is -2.31. The maximum absolute atomic E-state index is 9.15. The van der Waals surface area contributed by atoms with Crippen LogP contribution in [-0.4, -0.2) is 6.04 Å². The average molecular weight is 293 g/mol. The molecular formula is C14H17BrN2. The Morgan fingerprint density at radius 3 is 2.82 bits per heavy atom. The van der Waals surface area contributed by atoms with Crippen molar-refractivity contribution in [2.45, 2.75) is 38.6 Å². The van der Waals surface area contributed by atoms with E-state index in [1.165, 1.54) is 18.4 Å². The lowest BCUT2D eigenvalue weighted by atomic mass is 9.85. The van der Waals surface area contributed by atoms with Gasteiger partial charge in [0.15, 0.2) is 0 Å². The van der Waals surface area contributed by atoms with Gasteiger partial charge in [0.05, 0.1) is 12.0 Å². The molecule has 1 fully saturated rings. The van der Waals surface area contributed by atoms with Crippen molar-refractivity contribution in [3.05, 3.63) is 28.2 Å². The van der Waals surface area contributed by atoms with Gasteiger partial charge in [-0.25, -0.2) is 0 Å². The SMILES string of the molecule is Cc1ccc(NC2CCCCC2C#N)c(Br)c1. The van der Waals surface area contributed by atoms with Crippen molar-refractivity contribution < 1.29 is 0 Å². The van der Waals surface area contributed by atoms with E-state index in [9.17, 15) is 0 Å². The Hall–Kier alpha value is -1.01. The molecule has 0 aliphatic heterocycles. The lowest BCUT2D eigenvalue weighted by molar-refractivity contribution is 0.388. The van der Waals surface area contributed by atoms with Crippen molar-refractivity contribution in [2.75, 3.05) is 5.32 Å². The maximum atomic E-state index is 9.15. The van der Waals surface area contributed by atoms with Crippen LogP contribution in [0.4, 0.5) is 5.69 Å². The van der Waals surface area contributed by atoms with Gasteiger partial charge < -0.3 is 5.32 Å². The smallest absolute Gasteiger partial charge is 0.0677 e. The van der Waals surface area contributed by atoms with Crippen molar-refractivity contribution in [1.82, 2.24) is 0 Å². The molecule has 2 rings (SSSR count). The van der Waals surface area contributed by atoms with E-state index in [0.29, 0.717) is 6.04 Å².